The number of nitrogens with two attached hydrogens (primary N) is 1. The number of aromatic nitrogens is 4. The van der Waals surface area contributed by atoms with Gasteiger partial charge in [0.2, 0.25) is 5.82 Å². The van der Waals surface area contributed by atoms with Crippen LogP contribution in [0.15, 0.2) is 53.0 Å². The van der Waals surface area contributed by atoms with E-state index in [2.05, 4.69) is 31.3 Å². The fourth-order valence-electron chi connectivity index (χ4n) is 2.04. The maximum Gasteiger partial charge on any atom is 0.205 e. The van der Waals surface area contributed by atoms with E-state index in [-0.39, 0.29) is 6.04 Å². The van der Waals surface area contributed by atoms with Gasteiger partial charge in [0.25, 0.3) is 0 Å². The quantitative estimate of drug-likeness (QED) is 0.793. The van der Waals surface area contributed by atoms with Gasteiger partial charge < -0.3 is 5.73 Å². The van der Waals surface area contributed by atoms with Crippen LogP contribution in [0.5, 0.6) is 0 Å². The number of benzene rings is 2. The minimum atomic E-state index is -0.0305. The second-order valence-corrected chi connectivity index (χ2v) is 5.62. The van der Waals surface area contributed by atoms with Crippen LogP contribution in [0.3, 0.4) is 0 Å². The van der Waals surface area contributed by atoms with Gasteiger partial charge in [0, 0.05) is 16.1 Å². The third-order valence-electron chi connectivity index (χ3n) is 3.15. The molecule has 6 heteroatoms. The maximum absolute atomic E-state index is 5.90. The van der Waals surface area contributed by atoms with Crippen molar-refractivity contribution in [1.29, 1.82) is 0 Å². The molecular formula is C15H14BrN5. The van der Waals surface area contributed by atoms with Gasteiger partial charge in [-0.1, -0.05) is 52.3 Å². The molecule has 3 rings (SSSR count). The van der Waals surface area contributed by atoms with E-state index in [4.69, 9.17) is 5.73 Å². The molecule has 3 aromatic rings. The van der Waals surface area contributed by atoms with Crippen LogP contribution in [0, 0.1) is 0 Å². The molecule has 0 aliphatic heterocycles. The lowest BCUT2D eigenvalue weighted by Gasteiger charge is -2.09. The average molecular weight is 344 g/mol. The van der Waals surface area contributed by atoms with Crippen molar-refractivity contribution in [3.05, 3.63) is 58.6 Å². The summed E-state index contributed by atoms with van der Waals surface area (Å²) in [6, 6.07) is 15.6. The van der Waals surface area contributed by atoms with Crippen LogP contribution < -0.4 is 5.73 Å². The number of hydrogen-bond acceptors (Lipinski definition) is 4. The summed E-state index contributed by atoms with van der Waals surface area (Å²) in [5.41, 5.74) is 8.72. The third kappa shape index (κ3) is 2.86. The van der Waals surface area contributed by atoms with Gasteiger partial charge in [-0.2, -0.15) is 0 Å². The van der Waals surface area contributed by atoms with Crippen molar-refractivity contribution >= 4 is 15.9 Å². The van der Waals surface area contributed by atoms with Crippen LogP contribution in [-0.2, 0) is 0 Å². The van der Waals surface area contributed by atoms with Crippen molar-refractivity contribution in [2.75, 3.05) is 0 Å². The molecule has 2 aromatic carbocycles. The molecule has 106 valence electrons. The van der Waals surface area contributed by atoms with Gasteiger partial charge >= 0.3 is 0 Å². The van der Waals surface area contributed by atoms with Gasteiger partial charge in [-0.3, -0.25) is 0 Å². The Labute approximate surface area is 130 Å². The zero-order chi connectivity index (χ0) is 14.8. The summed E-state index contributed by atoms with van der Waals surface area (Å²) in [5.74, 6) is 0.600. The topological polar surface area (TPSA) is 69.6 Å². The summed E-state index contributed by atoms with van der Waals surface area (Å²) >= 11 is 3.53. The van der Waals surface area contributed by atoms with Crippen molar-refractivity contribution in [1.82, 2.24) is 20.2 Å². The van der Waals surface area contributed by atoms with Crippen molar-refractivity contribution in [2.24, 2.45) is 5.73 Å². The summed E-state index contributed by atoms with van der Waals surface area (Å²) in [4.78, 5) is 1.51. The smallest absolute Gasteiger partial charge is 0.205 e. The second-order valence-electron chi connectivity index (χ2n) is 4.76. The van der Waals surface area contributed by atoms with E-state index in [0.717, 1.165) is 21.3 Å². The van der Waals surface area contributed by atoms with E-state index in [1.807, 2.05) is 55.5 Å². The number of rotatable bonds is 3. The molecule has 0 bridgehead atoms. The summed E-state index contributed by atoms with van der Waals surface area (Å²) < 4.78 is 0.938. The number of halogens is 1. The Balaban J connectivity index is 1.95. The normalized spacial score (nSPS) is 12.3. The Morgan fingerprint density at radius 1 is 1.14 bits per heavy atom. The van der Waals surface area contributed by atoms with Crippen LogP contribution in [0.1, 0.15) is 18.5 Å². The minimum Gasteiger partial charge on any atom is -0.324 e. The lowest BCUT2D eigenvalue weighted by atomic mass is 10.1. The first-order valence-corrected chi connectivity index (χ1v) is 7.35. The fraction of sp³-hybridized carbons (Fsp3) is 0.133. The first-order valence-electron chi connectivity index (χ1n) is 6.56. The molecule has 5 nitrogen and oxygen atoms in total. The highest BCUT2D eigenvalue weighted by atomic mass is 79.9. The lowest BCUT2D eigenvalue weighted by molar-refractivity contribution is 0.717. The van der Waals surface area contributed by atoms with Crippen molar-refractivity contribution in [3.8, 4) is 17.1 Å². The summed E-state index contributed by atoms with van der Waals surface area (Å²) in [5, 5.41) is 12.6. The van der Waals surface area contributed by atoms with Crippen LogP contribution in [0.25, 0.3) is 17.1 Å². The Morgan fingerprint density at radius 3 is 2.57 bits per heavy atom. The zero-order valence-corrected chi connectivity index (χ0v) is 13.0. The highest BCUT2D eigenvalue weighted by Crippen LogP contribution is 2.24. The summed E-state index contributed by atoms with van der Waals surface area (Å²) in [6.45, 7) is 1.95. The molecule has 0 saturated carbocycles. The minimum absolute atomic E-state index is 0.0305. The molecule has 0 radical (unpaired) electrons. The molecular weight excluding hydrogens is 330 g/mol. The Bertz CT molecular complexity index is 752. The first-order chi connectivity index (χ1) is 10.1. The molecule has 0 amide bonds. The van der Waals surface area contributed by atoms with E-state index >= 15 is 0 Å². The largest absolute Gasteiger partial charge is 0.324 e. The van der Waals surface area contributed by atoms with Gasteiger partial charge in [-0.15, -0.1) is 15.0 Å². The zero-order valence-electron chi connectivity index (χ0n) is 11.4. The highest BCUT2D eigenvalue weighted by Gasteiger charge is 2.10. The monoisotopic (exact) mass is 343 g/mol. The SMILES string of the molecule is C[C@@H](N)c1ccc(-n2nnc(-c3ccccc3)n2)cc1Br. The third-order valence-corrected chi connectivity index (χ3v) is 3.84. The van der Waals surface area contributed by atoms with Crippen molar-refractivity contribution in [2.45, 2.75) is 13.0 Å². The van der Waals surface area contributed by atoms with Gasteiger partial charge in [0.15, 0.2) is 0 Å². The molecule has 0 unspecified atom stereocenters. The van der Waals surface area contributed by atoms with Crippen LogP contribution in [-0.4, -0.2) is 20.2 Å². The molecule has 0 spiro atoms. The van der Waals surface area contributed by atoms with Gasteiger partial charge in [0.1, 0.15) is 0 Å². The number of tetrazole rings is 1. The molecule has 0 fully saturated rings. The van der Waals surface area contributed by atoms with Gasteiger partial charge in [-0.05, 0) is 29.8 Å². The molecule has 2 N–H and O–H groups in total. The van der Waals surface area contributed by atoms with Crippen molar-refractivity contribution < 1.29 is 0 Å². The van der Waals surface area contributed by atoms with Gasteiger partial charge in [0.05, 0.1) is 5.69 Å². The van der Waals surface area contributed by atoms with Crippen LogP contribution >= 0.6 is 15.9 Å². The highest BCUT2D eigenvalue weighted by molar-refractivity contribution is 9.10. The average Bonchev–Trinajstić information content (AvgIpc) is 2.97. The van der Waals surface area contributed by atoms with Crippen molar-refractivity contribution in [3.63, 3.8) is 0 Å². The molecule has 21 heavy (non-hydrogen) atoms. The second kappa shape index (κ2) is 5.75. The van der Waals surface area contributed by atoms with Crippen LogP contribution in [0.4, 0.5) is 0 Å². The van der Waals surface area contributed by atoms with E-state index in [0.29, 0.717) is 5.82 Å². The number of hydrogen-bond donors (Lipinski definition) is 1. The molecule has 0 aliphatic carbocycles. The Kier molecular flexibility index (Phi) is 3.81. The molecule has 1 heterocycles. The predicted octanol–water partition coefficient (Wildman–Crippen LogP) is 3.11. The summed E-state index contributed by atoms with van der Waals surface area (Å²) in [7, 11) is 0. The molecule has 0 aliphatic rings. The molecule has 1 aromatic heterocycles. The first kappa shape index (κ1) is 13.9. The predicted molar refractivity (Wildman–Crippen MR) is 84.9 cm³/mol. The fourth-order valence-corrected chi connectivity index (χ4v) is 2.76. The van der Waals surface area contributed by atoms with E-state index in [9.17, 15) is 0 Å². The van der Waals surface area contributed by atoms with E-state index < -0.39 is 0 Å². The number of nitrogens with zero attached hydrogens (tertiary/aromatic N) is 4. The maximum atomic E-state index is 5.90. The standard InChI is InChI=1S/C15H14BrN5/c1-10(17)13-8-7-12(9-14(13)16)21-19-15(18-20-21)11-5-3-2-4-6-11/h2-10H,17H2,1H3/t10-/m1/s1. The Morgan fingerprint density at radius 2 is 1.90 bits per heavy atom. The molecule has 0 saturated heterocycles. The Hall–Kier alpha value is -2.05. The van der Waals surface area contributed by atoms with Crippen LogP contribution in [0.2, 0.25) is 0 Å². The lowest BCUT2D eigenvalue weighted by Crippen LogP contribution is -2.07. The summed E-state index contributed by atoms with van der Waals surface area (Å²) in [6.07, 6.45) is 0. The molecule has 1 atom stereocenters. The van der Waals surface area contributed by atoms with Gasteiger partial charge in [-0.25, -0.2) is 0 Å². The van der Waals surface area contributed by atoms with E-state index in [1.54, 1.807) is 0 Å². The van der Waals surface area contributed by atoms with E-state index in [1.165, 1.54) is 4.80 Å².